The van der Waals surface area contributed by atoms with Gasteiger partial charge in [-0.15, -0.1) is 0 Å². The summed E-state index contributed by atoms with van der Waals surface area (Å²) in [5, 5.41) is 3.47. The van der Waals surface area contributed by atoms with Crippen molar-refractivity contribution >= 4 is 5.91 Å². The molecule has 26 heavy (non-hydrogen) atoms. The number of hydrogen-bond acceptors (Lipinski definition) is 3. The van der Waals surface area contributed by atoms with Crippen molar-refractivity contribution in [2.24, 2.45) is 0 Å². The normalized spacial score (nSPS) is 22.0. The van der Waals surface area contributed by atoms with Crippen LogP contribution in [0.3, 0.4) is 0 Å². The fourth-order valence-corrected chi connectivity index (χ4v) is 4.24. The van der Waals surface area contributed by atoms with Gasteiger partial charge in [-0.05, 0) is 75.9 Å². The van der Waals surface area contributed by atoms with Gasteiger partial charge in [-0.3, -0.25) is 4.79 Å². The zero-order valence-electron chi connectivity index (χ0n) is 16.4. The molecule has 1 atom stereocenters. The lowest BCUT2D eigenvalue weighted by molar-refractivity contribution is 0.0745. The molecule has 0 radical (unpaired) electrons. The first-order chi connectivity index (χ1) is 12.8. The first-order valence-corrected chi connectivity index (χ1v) is 10.6. The van der Waals surface area contributed by atoms with Gasteiger partial charge < -0.3 is 15.1 Å². The van der Waals surface area contributed by atoms with Crippen LogP contribution >= 0.6 is 0 Å². The Morgan fingerprint density at radius 1 is 1.12 bits per heavy atom. The minimum absolute atomic E-state index is 0.177. The van der Waals surface area contributed by atoms with E-state index in [1.54, 1.807) is 0 Å². The summed E-state index contributed by atoms with van der Waals surface area (Å²) < 4.78 is 0. The number of carbonyl (C=O) groups is 1. The summed E-state index contributed by atoms with van der Waals surface area (Å²) in [7, 11) is 0. The summed E-state index contributed by atoms with van der Waals surface area (Å²) in [4.78, 5) is 17.4. The summed E-state index contributed by atoms with van der Waals surface area (Å²) in [6.45, 7) is 9.28. The van der Waals surface area contributed by atoms with Crippen LogP contribution in [0.25, 0.3) is 0 Å². The van der Waals surface area contributed by atoms with Crippen LogP contribution < -0.4 is 5.32 Å². The number of rotatable bonds is 6. The third-order valence-corrected chi connectivity index (χ3v) is 5.98. The molecule has 1 unspecified atom stereocenters. The highest BCUT2D eigenvalue weighted by Gasteiger charge is 2.18. The zero-order valence-corrected chi connectivity index (χ0v) is 16.4. The SMILES string of the molecule is CCN(CCN1CCCCCC1)C(=O)c1ccc(C2CCCNC2)cc1. The van der Waals surface area contributed by atoms with Gasteiger partial charge in [-0.1, -0.05) is 25.0 Å². The van der Waals surface area contributed by atoms with Crippen LogP contribution in [0, 0.1) is 0 Å². The molecule has 2 saturated heterocycles. The van der Waals surface area contributed by atoms with Gasteiger partial charge in [-0.2, -0.15) is 0 Å². The molecule has 2 aliphatic rings. The molecule has 0 saturated carbocycles. The Morgan fingerprint density at radius 3 is 2.46 bits per heavy atom. The molecule has 2 aliphatic heterocycles. The van der Waals surface area contributed by atoms with Gasteiger partial charge in [0.05, 0.1) is 0 Å². The summed E-state index contributed by atoms with van der Waals surface area (Å²) in [5.74, 6) is 0.772. The van der Waals surface area contributed by atoms with Gasteiger partial charge >= 0.3 is 0 Å². The first kappa shape index (κ1) is 19.4. The van der Waals surface area contributed by atoms with Crippen molar-refractivity contribution < 1.29 is 4.79 Å². The molecule has 3 rings (SSSR count). The highest BCUT2D eigenvalue weighted by molar-refractivity contribution is 5.94. The standard InChI is InChI=1S/C22H35N3O/c1-2-25(17-16-24-14-5-3-4-6-15-24)22(26)20-11-9-19(10-12-20)21-8-7-13-23-18-21/h9-12,21,23H,2-8,13-18H2,1H3. The third-order valence-electron chi connectivity index (χ3n) is 5.98. The number of nitrogens with zero attached hydrogens (tertiary/aromatic N) is 2. The minimum atomic E-state index is 0.177. The molecule has 0 spiro atoms. The molecule has 0 aromatic heterocycles. The van der Waals surface area contributed by atoms with Crippen molar-refractivity contribution in [1.29, 1.82) is 0 Å². The zero-order chi connectivity index (χ0) is 18.2. The molecule has 1 aromatic rings. The van der Waals surface area contributed by atoms with Crippen molar-refractivity contribution in [1.82, 2.24) is 15.1 Å². The molecule has 4 nitrogen and oxygen atoms in total. The van der Waals surface area contributed by atoms with Crippen LogP contribution in [0.2, 0.25) is 0 Å². The number of likely N-dealkylation sites (tertiary alicyclic amines) is 1. The second kappa shape index (κ2) is 10.1. The Bertz CT molecular complexity index is 543. The minimum Gasteiger partial charge on any atom is -0.338 e. The average molecular weight is 358 g/mol. The van der Waals surface area contributed by atoms with E-state index >= 15 is 0 Å². The largest absolute Gasteiger partial charge is 0.338 e. The van der Waals surface area contributed by atoms with Crippen LogP contribution in [0.15, 0.2) is 24.3 Å². The van der Waals surface area contributed by atoms with Crippen LogP contribution in [0.4, 0.5) is 0 Å². The molecular weight excluding hydrogens is 322 g/mol. The lowest BCUT2D eigenvalue weighted by Crippen LogP contribution is -2.39. The lowest BCUT2D eigenvalue weighted by Gasteiger charge is -2.26. The number of likely N-dealkylation sites (N-methyl/N-ethyl adjacent to an activating group) is 1. The van der Waals surface area contributed by atoms with Crippen molar-refractivity contribution in [3.63, 3.8) is 0 Å². The Hall–Kier alpha value is -1.39. The second-order valence-electron chi connectivity index (χ2n) is 7.81. The Labute approximate surface area is 158 Å². The molecular formula is C22H35N3O. The highest BCUT2D eigenvalue weighted by Crippen LogP contribution is 2.23. The maximum absolute atomic E-state index is 12.9. The van der Waals surface area contributed by atoms with Gasteiger partial charge in [0.2, 0.25) is 0 Å². The molecule has 0 aliphatic carbocycles. The van der Waals surface area contributed by atoms with E-state index < -0.39 is 0 Å². The van der Waals surface area contributed by atoms with Gasteiger partial charge in [-0.25, -0.2) is 0 Å². The third kappa shape index (κ3) is 5.31. The average Bonchev–Trinajstić information content (AvgIpc) is 2.98. The maximum Gasteiger partial charge on any atom is 0.253 e. The van der Waals surface area contributed by atoms with Crippen molar-refractivity contribution in [3.05, 3.63) is 35.4 Å². The van der Waals surface area contributed by atoms with Crippen LogP contribution in [0.1, 0.15) is 67.3 Å². The van der Waals surface area contributed by atoms with E-state index in [0.29, 0.717) is 5.92 Å². The molecule has 1 aromatic carbocycles. The van der Waals surface area contributed by atoms with E-state index in [1.807, 2.05) is 17.0 Å². The maximum atomic E-state index is 12.9. The predicted molar refractivity (Wildman–Crippen MR) is 108 cm³/mol. The van der Waals surface area contributed by atoms with Crippen LogP contribution in [-0.2, 0) is 0 Å². The second-order valence-corrected chi connectivity index (χ2v) is 7.81. The van der Waals surface area contributed by atoms with Gasteiger partial charge in [0, 0.05) is 31.7 Å². The highest BCUT2D eigenvalue weighted by atomic mass is 16.2. The number of carbonyl (C=O) groups excluding carboxylic acids is 1. The first-order valence-electron chi connectivity index (χ1n) is 10.6. The number of piperidine rings is 1. The van der Waals surface area contributed by atoms with E-state index in [4.69, 9.17) is 0 Å². The summed E-state index contributed by atoms with van der Waals surface area (Å²) >= 11 is 0. The predicted octanol–water partition coefficient (Wildman–Crippen LogP) is 3.49. The smallest absolute Gasteiger partial charge is 0.253 e. The van der Waals surface area contributed by atoms with E-state index in [-0.39, 0.29) is 5.91 Å². The van der Waals surface area contributed by atoms with Crippen LogP contribution in [0.5, 0.6) is 0 Å². The molecule has 0 bridgehead atoms. The quantitative estimate of drug-likeness (QED) is 0.846. The van der Waals surface area contributed by atoms with Gasteiger partial charge in [0.15, 0.2) is 0 Å². The molecule has 4 heteroatoms. The topological polar surface area (TPSA) is 35.6 Å². The summed E-state index contributed by atoms with van der Waals surface area (Å²) in [6, 6.07) is 8.38. The number of hydrogen-bond donors (Lipinski definition) is 1. The van der Waals surface area contributed by atoms with Crippen molar-refractivity contribution in [2.75, 3.05) is 45.8 Å². The van der Waals surface area contributed by atoms with Gasteiger partial charge in [0.25, 0.3) is 5.91 Å². The number of nitrogens with one attached hydrogen (secondary N) is 1. The number of amides is 1. The molecule has 2 fully saturated rings. The van der Waals surface area contributed by atoms with E-state index in [0.717, 1.165) is 38.3 Å². The fourth-order valence-electron chi connectivity index (χ4n) is 4.24. The fraction of sp³-hybridized carbons (Fsp3) is 0.682. The monoisotopic (exact) mass is 357 g/mol. The van der Waals surface area contributed by atoms with E-state index in [2.05, 4.69) is 29.3 Å². The van der Waals surface area contributed by atoms with Crippen molar-refractivity contribution in [2.45, 2.75) is 51.4 Å². The Morgan fingerprint density at radius 2 is 1.85 bits per heavy atom. The van der Waals surface area contributed by atoms with Crippen molar-refractivity contribution in [3.8, 4) is 0 Å². The number of benzene rings is 1. The molecule has 2 heterocycles. The van der Waals surface area contributed by atoms with Gasteiger partial charge in [0.1, 0.15) is 0 Å². The molecule has 144 valence electrons. The summed E-state index contributed by atoms with van der Waals surface area (Å²) in [5.41, 5.74) is 2.19. The van der Waals surface area contributed by atoms with Crippen LogP contribution in [-0.4, -0.2) is 61.5 Å². The molecule has 1 amide bonds. The van der Waals surface area contributed by atoms with E-state index in [1.165, 1.54) is 57.2 Å². The Kier molecular flexibility index (Phi) is 7.51. The van der Waals surface area contributed by atoms with E-state index in [9.17, 15) is 4.79 Å². The molecule has 1 N–H and O–H groups in total. The summed E-state index contributed by atoms with van der Waals surface area (Å²) in [6.07, 6.45) is 7.81. The Balaban J connectivity index is 1.55. The lowest BCUT2D eigenvalue weighted by atomic mass is 9.91.